The summed E-state index contributed by atoms with van der Waals surface area (Å²) in [6.45, 7) is 4.38. The highest BCUT2D eigenvalue weighted by Gasteiger charge is 2.47. The molecule has 0 unspecified atom stereocenters. The number of halogens is 1. The van der Waals surface area contributed by atoms with Crippen molar-refractivity contribution in [1.82, 2.24) is 15.1 Å². The number of urea groups is 1. The summed E-state index contributed by atoms with van der Waals surface area (Å²) < 4.78 is 8.52. The van der Waals surface area contributed by atoms with Crippen LogP contribution in [0.3, 0.4) is 0 Å². The molecule has 11 nitrogen and oxygen atoms in total. The molecular formula is C40H48ClN6O5+. The molecule has 6 rings (SSSR count). The van der Waals surface area contributed by atoms with E-state index < -0.39 is 18.0 Å². The van der Waals surface area contributed by atoms with Gasteiger partial charge in [0.25, 0.3) is 0 Å². The number of hydrogen-bond acceptors (Lipinski definition) is 5. The Hall–Kier alpha value is -4.87. The van der Waals surface area contributed by atoms with Crippen molar-refractivity contribution >= 4 is 40.9 Å². The highest BCUT2D eigenvalue weighted by molar-refractivity contribution is 6.31. The van der Waals surface area contributed by atoms with Gasteiger partial charge in [-0.15, -0.1) is 0 Å². The molecule has 3 N–H and O–H groups in total. The van der Waals surface area contributed by atoms with Crippen molar-refractivity contribution in [2.24, 2.45) is 5.92 Å². The van der Waals surface area contributed by atoms with Crippen LogP contribution in [-0.2, 0) is 16.1 Å². The van der Waals surface area contributed by atoms with Crippen LogP contribution in [0.25, 0.3) is 11.1 Å². The van der Waals surface area contributed by atoms with Crippen LogP contribution >= 0.6 is 11.6 Å². The lowest BCUT2D eigenvalue weighted by atomic mass is 9.92. The minimum Gasteiger partial charge on any atom is -0.493 e. The van der Waals surface area contributed by atoms with E-state index in [4.69, 9.17) is 16.3 Å². The molecule has 12 heteroatoms. The average molecular weight is 728 g/mol. The zero-order valence-electron chi connectivity index (χ0n) is 30.3. The predicted octanol–water partition coefficient (Wildman–Crippen LogP) is 6.93. The summed E-state index contributed by atoms with van der Waals surface area (Å²) in [7, 11) is 6.14. The Balaban J connectivity index is 1.07. The first kappa shape index (κ1) is 36.9. The Kier molecular flexibility index (Phi) is 11.2. The highest BCUT2D eigenvalue weighted by atomic mass is 35.5. The molecule has 52 heavy (non-hydrogen) atoms. The number of carbonyl (C=O) groups excluding carboxylic acids is 2. The number of nitrogens with zero attached hydrogens (tertiary/aromatic N) is 4. The average Bonchev–Trinajstić information content (AvgIpc) is 3.74. The molecule has 0 bridgehead atoms. The molecule has 1 saturated carbocycles. The first-order valence-corrected chi connectivity index (χ1v) is 18.3. The van der Waals surface area contributed by atoms with Gasteiger partial charge in [0.05, 0.1) is 47.0 Å². The first-order chi connectivity index (χ1) is 24.9. The number of amides is 3. The Bertz CT molecular complexity index is 1940. The number of aromatic nitrogens is 2. The summed E-state index contributed by atoms with van der Waals surface area (Å²) in [5.41, 5.74) is 6.66. The van der Waals surface area contributed by atoms with Crippen LogP contribution in [0.2, 0.25) is 5.02 Å². The number of hydrogen-bond donors (Lipinski definition) is 3. The van der Waals surface area contributed by atoms with Crippen molar-refractivity contribution in [2.45, 2.75) is 57.5 Å². The molecular weight excluding hydrogens is 680 g/mol. The van der Waals surface area contributed by atoms with Crippen LogP contribution in [-0.4, -0.2) is 84.2 Å². The third-order valence-corrected chi connectivity index (χ3v) is 10.2. The van der Waals surface area contributed by atoms with Gasteiger partial charge in [0.2, 0.25) is 5.91 Å². The molecule has 274 valence electrons. The summed E-state index contributed by atoms with van der Waals surface area (Å²) in [4.78, 5) is 40.0. The van der Waals surface area contributed by atoms with Crippen molar-refractivity contribution in [1.29, 1.82) is 0 Å². The minimum absolute atomic E-state index is 0.103. The number of rotatable bonds is 15. The number of carboxylic acids is 1. The number of carboxylic acid groups (broad SMARTS) is 1. The molecule has 3 aromatic carbocycles. The summed E-state index contributed by atoms with van der Waals surface area (Å²) in [6, 6.07) is 17.7. The third-order valence-electron chi connectivity index (χ3n) is 9.79. The van der Waals surface area contributed by atoms with Gasteiger partial charge in [0, 0.05) is 46.7 Å². The van der Waals surface area contributed by atoms with Gasteiger partial charge in [-0.1, -0.05) is 41.9 Å². The Morgan fingerprint density at radius 3 is 2.65 bits per heavy atom. The summed E-state index contributed by atoms with van der Waals surface area (Å²) in [5, 5.41) is 20.3. The van der Waals surface area contributed by atoms with Gasteiger partial charge in [0.15, 0.2) is 0 Å². The quantitative estimate of drug-likeness (QED) is 0.0901. The molecule has 4 aromatic rings. The van der Waals surface area contributed by atoms with Crippen LogP contribution in [0.1, 0.15) is 54.7 Å². The number of fused-ring (bicyclic) bond motifs is 3. The van der Waals surface area contributed by atoms with Gasteiger partial charge in [-0.05, 0) is 91.5 Å². The van der Waals surface area contributed by atoms with Crippen LogP contribution < -0.4 is 20.3 Å². The fraction of sp³-hybridized carbons (Fsp3) is 0.400. The van der Waals surface area contributed by atoms with E-state index in [0.29, 0.717) is 61.4 Å². The van der Waals surface area contributed by atoms with E-state index >= 15 is 0 Å². The molecule has 1 fully saturated rings. The molecule has 1 aliphatic heterocycles. The Morgan fingerprint density at radius 2 is 1.87 bits per heavy atom. The smallest absolute Gasteiger partial charge is 0.326 e. The zero-order chi connectivity index (χ0) is 37.0. The van der Waals surface area contributed by atoms with Gasteiger partial charge in [-0.2, -0.15) is 5.10 Å². The van der Waals surface area contributed by atoms with E-state index in [-0.39, 0.29) is 5.91 Å². The van der Waals surface area contributed by atoms with Crippen molar-refractivity contribution in [3.8, 4) is 16.9 Å². The SMILES string of the molecule is Cc1c(Cl)cccc1OCCCC(=O)N1C[C@@H]2C[C@@H]2c2c(-c3cnn(Cc4cccc(NC(=O)N[C@@H](CCC[N+](C)(C)C)C(=O)O)c4)c3)cccc21. The van der Waals surface area contributed by atoms with Crippen molar-refractivity contribution in [2.75, 3.05) is 51.1 Å². The van der Waals surface area contributed by atoms with Crippen LogP contribution in [0.15, 0.2) is 73.1 Å². The first-order valence-electron chi connectivity index (χ1n) is 17.9. The largest absolute Gasteiger partial charge is 0.493 e. The molecule has 0 saturated heterocycles. The summed E-state index contributed by atoms with van der Waals surface area (Å²) >= 11 is 6.22. The maximum absolute atomic E-state index is 13.5. The lowest BCUT2D eigenvalue weighted by Crippen LogP contribution is -2.44. The molecule has 3 amide bonds. The molecule has 1 aliphatic carbocycles. The van der Waals surface area contributed by atoms with Crippen molar-refractivity contribution in [3.05, 3.63) is 94.8 Å². The maximum Gasteiger partial charge on any atom is 0.326 e. The molecule has 0 spiro atoms. The molecule has 2 aliphatic rings. The lowest BCUT2D eigenvalue weighted by molar-refractivity contribution is -0.870. The number of carbonyl (C=O) groups is 3. The van der Waals surface area contributed by atoms with Crippen LogP contribution in [0, 0.1) is 12.8 Å². The monoisotopic (exact) mass is 727 g/mol. The topological polar surface area (TPSA) is 126 Å². The number of aliphatic carboxylic acids is 1. The van der Waals surface area contributed by atoms with Gasteiger partial charge in [-0.25, -0.2) is 9.59 Å². The molecule has 1 aromatic heterocycles. The highest BCUT2D eigenvalue weighted by Crippen LogP contribution is 2.57. The number of benzene rings is 3. The van der Waals surface area contributed by atoms with Crippen LogP contribution in [0.4, 0.5) is 16.2 Å². The standard InChI is InChI=1S/C40H47ClN6O5/c1-26-33(41)13-7-16-36(26)52-19-9-17-37(48)46-25-28-21-32(28)38-31(12-6-15-35(38)46)29-22-42-45(24-29)23-27-10-5-11-30(20-27)43-40(51)44-34(39(49)50)14-8-18-47(2,3)4/h5-7,10-13,15-16,20,22,24,28,32,34H,8-9,14,17-19,21,23,25H2,1-4H3,(H2-,43,44,49,50,51)/p+1/t28-,32-,34-/m0/s1. The van der Waals surface area contributed by atoms with E-state index in [9.17, 15) is 19.5 Å². The van der Waals surface area contributed by atoms with E-state index in [2.05, 4.69) is 27.9 Å². The van der Waals surface area contributed by atoms with Gasteiger partial charge in [0.1, 0.15) is 11.8 Å². The summed E-state index contributed by atoms with van der Waals surface area (Å²) in [6.07, 6.45) is 6.97. The van der Waals surface area contributed by atoms with Crippen LogP contribution in [0.5, 0.6) is 5.75 Å². The molecule has 0 radical (unpaired) electrons. The second kappa shape index (κ2) is 15.8. The van der Waals surface area contributed by atoms with Crippen molar-refractivity contribution < 1.29 is 28.7 Å². The lowest BCUT2D eigenvalue weighted by Gasteiger charge is -2.30. The van der Waals surface area contributed by atoms with E-state index in [0.717, 1.165) is 57.7 Å². The van der Waals surface area contributed by atoms with Gasteiger partial charge >= 0.3 is 12.0 Å². The van der Waals surface area contributed by atoms with E-state index in [1.165, 1.54) is 5.56 Å². The third kappa shape index (κ3) is 9.13. The number of quaternary nitrogens is 1. The second-order valence-electron chi connectivity index (χ2n) is 14.9. The van der Waals surface area contributed by atoms with Gasteiger partial charge in [-0.3, -0.25) is 9.48 Å². The normalized spacial score (nSPS) is 16.8. The van der Waals surface area contributed by atoms with Gasteiger partial charge < -0.3 is 29.9 Å². The second-order valence-corrected chi connectivity index (χ2v) is 15.3. The fourth-order valence-corrected chi connectivity index (χ4v) is 7.13. The number of nitrogens with one attached hydrogen (secondary N) is 2. The Morgan fingerprint density at radius 1 is 1.08 bits per heavy atom. The maximum atomic E-state index is 13.5. The zero-order valence-corrected chi connectivity index (χ0v) is 31.0. The molecule has 2 heterocycles. The minimum atomic E-state index is -1.05. The van der Waals surface area contributed by atoms with E-state index in [1.807, 2.05) is 92.5 Å². The van der Waals surface area contributed by atoms with Crippen molar-refractivity contribution in [3.63, 3.8) is 0 Å². The molecule has 3 atom stereocenters. The number of anilines is 2. The fourth-order valence-electron chi connectivity index (χ4n) is 6.96. The predicted molar refractivity (Wildman–Crippen MR) is 203 cm³/mol. The number of ether oxygens (including phenoxy) is 1. The van der Waals surface area contributed by atoms with E-state index in [1.54, 1.807) is 6.07 Å². The Labute approximate surface area is 310 Å². The summed E-state index contributed by atoms with van der Waals surface area (Å²) in [5.74, 6) is 0.682.